The third-order valence-electron chi connectivity index (χ3n) is 2.89. The van der Waals surface area contributed by atoms with Crippen molar-refractivity contribution in [1.82, 2.24) is 4.90 Å². The van der Waals surface area contributed by atoms with Crippen LogP contribution in [0.15, 0.2) is 0 Å². The van der Waals surface area contributed by atoms with E-state index in [1.165, 1.54) is 0 Å². The largest absolute Gasteiger partial charge is 0.368 e. The molecule has 0 aliphatic carbocycles. The molecule has 0 bridgehead atoms. The van der Waals surface area contributed by atoms with Crippen molar-refractivity contribution in [1.29, 1.82) is 5.26 Å². The predicted molar refractivity (Wildman–Crippen MR) is 53.2 cm³/mol. The Morgan fingerprint density at radius 3 is 3.07 bits per heavy atom. The maximum Gasteiger partial charge on any atom is 0.234 e. The van der Waals surface area contributed by atoms with E-state index in [1.54, 1.807) is 0 Å². The highest BCUT2D eigenvalue weighted by Gasteiger charge is 2.25. The van der Waals surface area contributed by atoms with Gasteiger partial charge in [-0.3, -0.25) is 9.69 Å². The molecule has 1 heterocycles. The van der Waals surface area contributed by atoms with Crippen LogP contribution in [0.3, 0.4) is 0 Å². The third-order valence-corrected chi connectivity index (χ3v) is 2.89. The third kappa shape index (κ3) is 2.71. The molecule has 14 heavy (non-hydrogen) atoms. The predicted octanol–water partition coefficient (Wildman–Crippen LogP) is 0.486. The van der Waals surface area contributed by atoms with Crippen LogP contribution in [0.1, 0.15) is 26.2 Å². The fourth-order valence-corrected chi connectivity index (χ4v) is 1.92. The molecule has 0 spiro atoms. The van der Waals surface area contributed by atoms with E-state index in [2.05, 4.69) is 11.0 Å². The monoisotopic (exact) mass is 195 g/mol. The Morgan fingerprint density at radius 2 is 2.50 bits per heavy atom. The molecule has 2 atom stereocenters. The molecule has 0 saturated carbocycles. The van der Waals surface area contributed by atoms with Crippen LogP contribution in [0, 0.1) is 17.2 Å². The molecule has 4 heteroatoms. The molecule has 1 aliphatic rings. The van der Waals surface area contributed by atoms with Crippen LogP contribution in [0.25, 0.3) is 0 Å². The lowest BCUT2D eigenvalue weighted by Gasteiger charge is -2.34. The van der Waals surface area contributed by atoms with Gasteiger partial charge in [-0.15, -0.1) is 0 Å². The Balaban J connectivity index is 2.48. The van der Waals surface area contributed by atoms with Crippen molar-refractivity contribution in [3.8, 4) is 6.07 Å². The maximum absolute atomic E-state index is 11.0. The second-order valence-electron chi connectivity index (χ2n) is 3.94. The average molecular weight is 195 g/mol. The molecule has 2 N–H and O–H groups in total. The summed E-state index contributed by atoms with van der Waals surface area (Å²) in [5, 5.41) is 8.59. The summed E-state index contributed by atoms with van der Waals surface area (Å²) in [6.07, 6.45) is 2.74. The van der Waals surface area contributed by atoms with Crippen molar-refractivity contribution < 1.29 is 4.79 Å². The molecule has 1 fully saturated rings. The second-order valence-corrected chi connectivity index (χ2v) is 3.94. The van der Waals surface area contributed by atoms with Gasteiger partial charge in [0.2, 0.25) is 5.91 Å². The number of piperidine rings is 1. The van der Waals surface area contributed by atoms with Gasteiger partial charge in [-0.1, -0.05) is 0 Å². The quantitative estimate of drug-likeness (QED) is 0.712. The first-order chi connectivity index (χ1) is 6.65. The molecule has 1 saturated heterocycles. The van der Waals surface area contributed by atoms with Crippen LogP contribution in [-0.4, -0.2) is 29.9 Å². The number of carbonyl (C=O) groups is 1. The smallest absolute Gasteiger partial charge is 0.234 e. The molecule has 2 unspecified atom stereocenters. The number of amides is 1. The highest BCUT2D eigenvalue weighted by Crippen LogP contribution is 2.20. The van der Waals surface area contributed by atoms with Crippen molar-refractivity contribution in [2.45, 2.75) is 32.2 Å². The van der Waals surface area contributed by atoms with Gasteiger partial charge in [-0.05, 0) is 32.2 Å². The first kappa shape index (κ1) is 11.0. The van der Waals surface area contributed by atoms with Crippen LogP contribution < -0.4 is 5.73 Å². The Kier molecular flexibility index (Phi) is 3.90. The first-order valence-electron chi connectivity index (χ1n) is 5.05. The molecular weight excluding hydrogens is 178 g/mol. The Bertz CT molecular complexity index is 246. The second kappa shape index (κ2) is 4.97. The van der Waals surface area contributed by atoms with Crippen molar-refractivity contribution in [3.05, 3.63) is 0 Å². The number of nitrogens with two attached hydrogens (primary N) is 1. The first-order valence-corrected chi connectivity index (χ1v) is 5.05. The van der Waals surface area contributed by atoms with Gasteiger partial charge in [0.05, 0.1) is 12.1 Å². The number of nitrogens with zero attached hydrogens (tertiary/aromatic N) is 2. The van der Waals surface area contributed by atoms with E-state index in [-0.39, 0.29) is 11.9 Å². The van der Waals surface area contributed by atoms with Gasteiger partial charge in [0.15, 0.2) is 0 Å². The highest BCUT2D eigenvalue weighted by atomic mass is 16.1. The van der Waals surface area contributed by atoms with Crippen molar-refractivity contribution in [2.24, 2.45) is 11.7 Å². The SMILES string of the molecule is CC(C(N)=O)N1CCCC(CC#N)C1. The van der Waals surface area contributed by atoms with Crippen LogP contribution in [0.4, 0.5) is 0 Å². The highest BCUT2D eigenvalue weighted by molar-refractivity contribution is 5.79. The summed E-state index contributed by atoms with van der Waals surface area (Å²) in [5.41, 5.74) is 5.24. The van der Waals surface area contributed by atoms with E-state index in [4.69, 9.17) is 11.0 Å². The van der Waals surface area contributed by atoms with Crippen LogP contribution >= 0.6 is 0 Å². The van der Waals surface area contributed by atoms with Gasteiger partial charge in [-0.2, -0.15) is 5.26 Å². The topological polar surface area (TPSA) is 70.1 Å². The lowest BCUT2D eigenvalue weighted by molar-refractivity contribution is -0.123. The van der Waals surface area contributed by atoms with Gasteiger partial charge in [0, 0.05) is 13.0 Å². The van der Waals surface area contributed by atoms with Crippen molar-refractivity contribution >= 4 is 5.91 Å². The molecule has 0 radical (unpaired) electrons. The number of hydrogen-bond acceptors (Lipinski definition) is 3. The van der Waals surface area contributed by atoms with Crippen molar-refractivity contribution in [3.63, 3.8) is 0 Å². The average Bonchev–Trinajstić information content (AvgIpc) is 2.17. The normalized spacial score (nSPS) is 25.3. The summed E-state index contributed by atoms with van der Waals surface area (Å²) < 4.78 is 0. The fourth-order valence-electron chi connectivity index (χ4n) is 1.92. The number of likely N-dealkylation sites (tertiary alicyclic amines) is 1. The summed E-state index contributed by atoms with van der Waals surface area (Å²) in [6.45, 7) is 3.58. The molecule has 78 valence electrons. The zero-order valence-electron chi connectivity index (χ0n) is 8.57. The maximum atomic E-state index is 11.0. The lowest BCUT2D eigenvalue weighted by Crippen LogP contribution is -2.47. The Morgan fingerprint density at radius 1 is 1.79 bits per heavy atom. The molecule has 1 rings (SSSR count). The number of rotatable bonds is 3. The van der Waals surface area contributed by atoms with Crippen molar-refractivity contribution in [2.75, 3.05) is 13.1 Å². The summed E-state index contributed by atoms with van der Waals surface area (Å²) in [5.74, 6) is 0.137. The van der Waals surface area contributed by atoms with E-state index in [1.807, 2.05) is 6.92 Å². The van der Waals surface area contributed by atoms with Gasteiger partial charge in [0.25, 0.3) is 0 Å². The van der Waals surface area contributed by atoms with Crippen LogP contribution in [0.5, 0.6) is 0 Å². The molecule has 0 aromatic heterocycles. The van der Waals surface area contributed by atoms with Crippen LogP contribution in [-0.2, 0) is 4.79 Å². The van der Waals surface area contributed by atoms with E-state index >= 15 is 0 Å². The molecule has 4 nitrogen and oxygen atoms in total. The summed E-state index contributed by atoms with van der Waals surface area (Å²) in [6, 6.07) is 1.99. The van der Waals surface area contributed by atoms with E-state index < -0.39 is 0 Å². The minimum Gasteiger partial charge on any atom is -0.368 e. The summed E-state index contributed by atoms with van der Waals surface area (Å²) in [7, 11) is 0. The molecule has 0 aromatic rings. The Labute approximate surface area is 84.7 Å². The van der Waals surface area contributed by atoms with E-state index in [0.29, 0.717) is 12.3 Å². The van der Waals surface area contributed by atoms with Gasteiger partial charge in [-0.25, -0.2) is 0 Å². The number of nitriles is 1. The number of primary amides is 1. The number of hydrogen-bond donors (Lipinski definition) is 1. The molecule has 1 amide bonds. The zero-order chi connectivity index (χ0) is 10.6. The van der Waals surface area contributed by atoms with E-state index in [9.17, 15) is 4.79 Å². The van der Waals surface area contributed by atoms with Gasteiger partial charge < -0.3 is 5.73 Å². The minimum absolute atomic E-state index is 0.198. The summed E-state index contributed by atoms with van der Waals surface area (Å²) in [4.78, 5) is 13.1. The van der Waals surface area contributed by atoms with Gasteiger partial charge in [0.1, 0.15) is 0 Å². The van der Waals surface area contributed by atoms with E-state index in [0.717, 1.165) is 25.9 Å². The molecular formula is C10H17N3O. The Hall–Kier alpha value is -1.08. The lowest BCUT2D eigenvalue weighted by atomic mass is 9.94. The zero-order valence-corrected chi connectivity index (χ0v) is 8.57. The standard InChI is InChI=1S/C10H17N3O/c1-8(10(12)14)13-6-2-3-9(7-13)4-5-11/h8-9H,2-4,6-7H2,1H3,(H2,12,14). The molecule has 1 aliphatic heterocycles. The summed E-state index contributed by atoms with van der Waals surface area (Å²) >= 11 is 0. The number of carbonyl (C=O) groups excluding carboxylic acids is 1. The molecule has 0 aromatic carbocycles. The fraction of sp³-hybridized carbons (Fsp3) is 0.800. The van der Waals surface area contributed by atoms with Gasteiger partial charge >= 0.3 is 0 Å². The van der Waals surface area contributed by atoms with Crippen LogP contribution in [0.2, 0.25) is 0 Å². The minimum atomic E-state index is -0.275.